The highest BCUT2D eigenvalue weighted by Crippen LogP contribution is 2.36. The van der Waals surface area contributed by atoms with E-state index in [1.54, 1.807) is 6.07 Å². The number of aliphatic hydroxyl groups is 1. The molecule has 0 atom stereocenters. The molecule has 1 aliphatic heterocycles. The Bertz CT molecular complexity index is 882. The molecule has 0 saturated carbocycles. The number of fused-ring (bicyclic) bond motifs is 1. The third-order valence-electron chi connectivity index (χ3n) is 3.93. The number of nitrogens with one attached hydrogen (secondary N) is 1. The Morgan fingerprint density at radius 2 is 1.96 bits per heavy atom. The topological polar surface area (TPSA) is 113 Å². The highest BCUT2D eigenvalue weighted by atomic mass is 32.1. The first-order valence-corrected chi connectivity index (χ1v) is 9.01. The van der Waals surface area contributed by atoms with Crippen LogP contribution in [0.3, 0.4) is 0 Å². The fraction of sp³-hybridized carbons (Fsp3) is 0.375. The molecule has 4 N–H and O–H groups in total. The molecule has 0 unspecified atom stereocenters. The van der Waals surface area contributed by atoms with Gasteiger partial charge in [-0.25, -0.2) is 24.3 Å². The maximum Gasteiger partial charge on any atom is 0.186 e. The van der Waals surface area contributed by atoms with E-state index in [9.17, 15) is 4.39 Å². The largest absolute Gasteiger partial charge is 0.400 e. The van der Waals surface area contributed by atoms with Crippen LogP contribution in [0.5, 0.6) is 0 Å². The molecule has 1 aliphatic rings. The summed E-state index contributed by atoms with van der Waals surface area (Å²) in [6.45, 7) is 1.92. The van der Waals surface area contributed by atoms with E-state index in [4.69, 9.17) is 10.8 Å². The fourth-order valence-corrected chi connectivity index (χ4v) is 3.82. The minimum Gasteiger partial charge on any atom is -0.400 e. The Balaban J connectivity index is 0.000000948. The van der Waals surface area contributed by atoms with Crippen LogP contribution in [-0.4, -0.2) is 45.2 Å². The highest BCUT2D eigenvalue weighted by Gasteiger charge is 2.19. The average Bonchev–Trinajstić information content (AvgIpc) is 3.13. The van der Waals surface area contributed by atoms with E-state index in [0.29, 0.717) is 27.7 Å². The molecule has 10 heteroatoms. The Hall–Kier alpha value is -2.59. The van der Waals surface area contributed by atoms with Gasteiger partial charge < -0.3 is 21.1 Å². The van der Waals surface area contributed by atoms with Gasteiger partial charge in [-0.15, -0.1) is 0 Å². The smallest absolute Gasteiger partial charge is 0.186 e. The van der Waals surface area contributed by atoms with E-state index >= 15 is 0 Å². The van der Waals surface area contributed by atoms with E-state index in [2.05, 4.69) is 30.2 Å². The van der Waals surface area contributed by atoms with Gasteiger partial charge in [-0.05, 0) is 19.3 Å². The number of anilines is 4. The molecule has 0 amide bonds. The number of rotatable bonds is 3. The summed E-state index contributed by atoms with van der Waals surface area (Å²) >= 11 is 1.44. The zero-order chi connectivity index (χ0) is 18.5. The second-order valence-electron chi connectivity index (χ2n) is 5.63. The van der Waals surface area contributed by atoms with Gasteiger partial charge in [0.05, 0.1) is 6.20 Å². The molecule has 0 spiro atoms. The van der Waals surface area contributed by atoms with E-state index in [1.165, 1.54) is 30.3 Å². The molecule has 8 nitrogen and oxygen atoms in total. The molecular formula is C16H20FN7OS. The minimum atomic E-state index is -0.419. The second-order valence-corrected chi connectivity index (χ2v) is 6.61. The number of pyridine rings is 1. The lowest BCUT2D eigenvalue weighted by Gasteiger charge is -2.25. The van der Waals surface area contributed by atoms with Crippen LogP contribution in [0.2, 0.25) is 0 Å². The van der Waals surface area contributed by atoms with Gasteiger partial charge in [-0.2, -0.15) is 0 Å². The molecule has 0 radical (unpaired) electrons. The monoisotopic (exact) mass is 377 g/mol. The van der Waals surface area contributed by atoms with Crippen LogP contribution in [-0.2, 0) is 0 Å². The van der Waals surface area contributed by atoms with Crippen LogP contribution >= 0.6 is 11.3 Å². The van der Waals surface area contributed by atoms with Gasteiger partial charge >= 0.3 is 0 Å². The number of nitrogens with two attached hydrogens (primary N) is 1. The third-order valence-corrected chi connectivity index (χ3v) is 5.05. The van der Waals surface area contributed by atoms with Crippen LogP contribution in [0.4, 0.5) is 27.0 Å². The lowest BCUT2D eigenvalue weighted by atomic mass is 10.1. The molecule has 3 aromatic rings. The molecule has 0 aliphatic carbocycles. The molecule has 4 heterocycles. The van der Waals surface area contributed by atoms with Crippen LogP contribution in [0.15, 0.2) is 18.6 Å². The first-order chi connectivity index (χ1) is 12.7. The number of nitrogen functional groups attached to an aromatic ring is 1. The van der Waals surface area contributed by atoms with Crippen LogP contribution in [0.1, 0.15) is 19.3 Å². The predicted molar refractivity (Wildman–Crippen MR) is 101 cm³/mol. The van der Waals surface area contributed by atoms with E-state index in [-0.39, 0.29) is 0 Å². The van der Waals surface area contributed by atoms with Crippen molar-refractivity contribution >= 4 is 44.1 Å². The molecule has 3 aromatic heterocycles. The maximum atomic E-state index is 14.1. The Labute approximate surface area is 153 Å². The number of hydrogen-bond donors (Lipinski definition) is 3. The summed E-state index contributed by atoms with van der Waals surface area (Å²) in [7, 11) is 1.00. The van der Waals surface area contributed by atoms with Crippen molar-refractivity contribution in [2.75, 3.05) is 36.1 Å². The standard InChI is InChI=1S/C15H16FN7S.CH4O/c16-9-7-18-14(21-11-6-10(17)19-8-20-11)13-12(9)22-15(24-13)23-4-2-1-3-5-23;1-2/h6-8H,1-5H2,(H3,17,18,19,20,21);2H,1H3. The number of aliphatic hydroxyl groups excluding tert-OH is 1. The molecule has 138 valence electrons. The summed E-state index contributed by atoms with van der Waals surface area (Å²) in [5.41, 5.74) is 6.00. The van der Waals surface area contributed by atoms with Gasteiger partial charge in [0.15, 0.2) is 16.8 Å². The van der Waals surface area contributed by atoms with E-state index in [1.807, 2.05) is 0 Å². The van der Waals surface area contributed by atoms with Crippen molar-refractivity contribution in [1.82, 2.24) is 19.9 Å². The van der Waals surface area contributed by atoms with E-state index < -0.39 is 5.82 Å². The van der Waals surface area contributed by atoms with E-state index in [0.717, 1.165) is 38.2 Å². The summed E-state index contributed by atoms with van der Waals surface area (Å²) in [6.07, 6.45) is 6.06. The fourth-order valence-electron chi connectivity index (χ4n) is 2.74. The number of nitrogens with zero attached hydrogens (tertiary/aromatic N) is 5. The predicted octanol–water partition coefficient (Wildman–Crippen LogP) is 2.55. The Kier molecular flexibility index (Phi) is 5.74. The molecule has 0 bridgehead atoms. The molecular weight excluding hydrogens is 357 g/mol. The molecule has 1 fully saturated rings. The average molecular weight is 377 g/mol. The zero-order valence-electron chi connectivity index (χ0n) is 14.3. The maximum absolute atomic E-state index is 14.1. The number of thiazole rings is 1. The van der Waals surface area contributed by atoms with Crippen molar-refractivity contribution in [3.05, 3.63) is 24.4 Å². The van der Waals surface area contributed by atoms with Gasteiger partial charge in [0.2, 0.25) is 0 Å². The zero-order valence-corrected chi connectivity index (χ0v) is 15.1. The summed E-state index contributed by atoms with van der Waals surface area (Å²) in [5, 5.41) is 10.9. The van der Waals surface area contributed by atoms with Gasteiger partial charge in [0.1, 0.15) is 28.2 Å². The summed E-state index contributed by atoms with van der Waals surface area (Å²) in [4.78, 5) is 18.8. The summed E-state index contributed by atoms with van der Waals surface area (Å²) in [5.74, 6) is 0.961. The first kappa shape index (κ1) is 18.2. The van der Waals surface area contributed by atoms with Crippen LogP contribution < -0.4 is 16.0 Å². The summed E-state index contributed by atoms with van der Waals surface area (Å²) < 4.78 is 14.8. The number of hydrogen-bond acceptors (Lipinski definition) is 9. The third kappa shape index (κ3) is 3.81. The van der Waals surface area contributed by atoms with Crippen molar-refractivity contribution in [3.63, 3.8) is 0 Å². The van der Waals surface area contributed by atoms with Gasteiger partial charge in [-0.1, -0.05) is 11.3 Å². The first-order valence-electron chi connectivity index (χ1n) is 8.20. The minimum absolute atomic E-state index is 0.333. The Morgan fingerprint density at radius 1 is 1.19 bits per heavy atom. The van der Waals surface area contributed by atoms with Gasteiger partial charge in [-0.3, -0.25) is 0 Å². The number of aromatic nitrogens is 4. The number of halogens is 1. The van der Waals surface area contributed by atoms with Crippen molar-refractivity contribution in [2.45, 2.75) is 19.3 Å². The summed E-state index contributed by atoms with van der Waals surface area (Å²) in [6, 6.07) is 1.60. The normalized spacial score (nSPS) is 14.0. The molecule has 1 saturated heterocycles. The lowest BCUT2D eigenvalue weighted by molar-refractivity contribution is 0.399. The van der Waals surface area contributed by atoms with Crippen molar-refractivity contribution < 1.29 is 9.50 Å². The lowest BCUT2D eigenvalue weighted by Crippen LogP contribution is -2.29. The van der Waals surface area contributed by atoms with Gasteiger partial charge in [0.25, 0.3) is 0 Å². The highest BCUT2D eigenvalue weighted by molar-refractivity contribution is 7.22. The molecule has 4 rings (SSSR count). The molecule has 26 heavy (non-hydrogen) atoms. The molecule has 0 aromatic carbocycles. The Morgan fingerprint density at radius 3 is 2.69 bits per heavy atom. The quantitative estimate of drug-likeness (QED) is 0.638. The van der Waals surface area contributed by atoms with Gasteiger partial charge in [0, 0.05) is 26.3 Å². The SMILES string of the molecule is CO.Nc1cc(Nc2ncc(F)c3nc(N4CCCCC4)sc23)ncn1. The van der Waals surface area contributed by atoms with Crippen molar-refractivity contribution in [3.8, 4) is 0 Å². The van der Waals surface area contributed by atoms with Crippen LogP contribution in [0.25, 0.3) is 10.2 Å². The van der Waals surface area contributed by atoms with Crippen molar-refractivity contribution in [2.24, 2.45) is 0 Å². The number of piperidine rings is 1. The second kappa shape index (κ2) is 8.19. The van der Waals surface area contributed by atoms with Crippen LogP contribution in [0, 0.1) is 5.82 Å². The van der Waals surface area contributed by atoms with Crippen molar-refractivity contribution in [1.29, 1.82) is 0 Å².